The normalized spacial score (nSPS) is 13.8. The Hall–Kier alpha value is -0.580. The number of aliphatic hydroxyl groups excluding tert-OH is 1. The van der Waals surface area contributed by atoms with Crippen LogP contribution >= 0.6 is 11.6 Å². The Morgan fingerprint density at radius 3 is 2.67 bits per heavy atom. The molecule has 1 atom stereocenters. The Labute approximate surface area is 94.6 Å². The van der Waals surface area contributed by atoms with Crippen LogP contribution in [0, 0.1) is 0 Å². The number of benzene rings is 1. The van der Waals surface area contributed by atoms with Gasteiger partial charge in [-0.1, -0.05) is 23.7 Å². The van der Waals surface area contributed by atoms with Gasteiger partial charge in [0, 0.05) is 5.02 Å². The van der Waals surface area contributed by atoms with E-state index >= 15 is 0 Å². The predicted octanol–water partition coefficient (Wildman–Crippen LogP) is 1.64. The summed E-state index contributed by atoms with van der Waals surface area (Å²) in [5.41, 5.74) is 0.642. The van der Waals surface area contributed by atoms with E-state index in [1.54, 1.807) is 24.3 Å². The van der Waals surface area contributed by atoms with Crippen molar-refractivity contribution in [3.8, 4) is 0 Å². The summed E-state index contributed by atoms with van der Waals surface area (Å²) in [6, 6.07) is 6.70. The van der Waals surface area contributed by atoms with Crippen LogP contribution in [0.4, 0.5) is 0 Å². The van der Waals surface area contributed by atoms with Gasteiger partial charge < -0.3 is 5.11 Å². The van der Waals surface area contributed by atoms with Crippen LogP contribution in [0.25, 0.3) is 0 Å². The van der Waals surface area contributed by atoms with Gasteiger partial charge in [0.1, 0.15) is 0 Å². The zero-order chi connectivity index (χ0) is 11.5. The Bertz CT molecular complexity index is 426. The number of halogens is 1. The molecule has 15 heavy (non-hydrogen) atoms. The highest BCUT2D eigenvalue weighted by Crippen LogP contribution is 2.13. The minimum absolute atomic E-state index is 0.0849. The highest BCUT2D eigenvalue weighted by molar-refractivity contribution is 7.90. The van der Waals surface area contributed by atoms with Crippen molar-refractivity contribution in [2.75, 3.05) is 5.75 Å². The Morgan fingerprint density at radius 2 is 2.13 bits per heavy atom. The van der Waals surface area contributed by atoms with Crippen LogP contribution in [0.15, 0.2) is 24.3 Å². The van der Waals surface area contributed by atoms with Crippen LogP contribution in [0.1, 0.15) is 12.5 Å². The van der Waals surface area contributed by atoms with Crippen molar-refractivity contribution in [2.24, 2.45) is 0 Å². The molecular weight excluding hydrogens is 236 g/mol. The Morgan fingerprint density at radius 1 is 1.47 bits per heavy atom. The zero-order valence-corrected chi connectivity index (χ0v) is 9.92. The van der Waals surface area contributed by atoms with E-state index in [9.17, 15) is 8.42 Å². The molecule has 84 valence electrons. The largest absolute Gasteiger partial charge is 0.392 e. The van der Waals surface area contributed by atoms with Crippen molar-refractivity contribution in [1.82, 2.24) is 0 Å². The minimum Gasteiger partial charge on any atom is -0.392 e. The van der Waals surface area contributed by atoms with E-state index in [2.05, 4.69) is 0 Å². The van der Waals surface area contributed by atoms with Gasteiger partial charge in [-0.25, -0.2) is 8.42 Å². The van der Waals surface area contributed by atoms with E-state index in [4.69, 9.17) is 16.7 Å². The van der Waals surface area contributed by atoms with Gasteiger partial charge >= 0.3 is 0 Å². The molecule has 1 N–H and O–H groups in total. The quantitative estimate of drug-likeness (QED) is 0.881. The molecule has 0 radical (unpaired) electrons. The topological polar surface area (TPSA) is 54.4 Å². The maximum Gasteiger partial charge on any atom is 0.156 e. The third-order valence-electron chi connectivity index (χ3n) is 1.77. The molecule has 1 unspecified atom stereocenters. The summed E-state index contributed by atoms with van der Waals surface area (Å²) in [5.74, 6) is -0.308. The molecule has 0 heterocycles. The summed E-state index contributed by atoms with van der Waals surface area (Å²) in [4.78, 5) is 0. The molecule has 0 saturated carbocycles. The molecule has 1 aromatic carbocycles. The fraction of sp³-hybridized carbons (Fsp3) is 0.400. The van der Waals surface area contributed by atoms with Crippen LogP contribution in [-0.2, 0) is 15.6 Å². The van der Waals surface area contributed by atoms with Crippen molar-refractivity contribution in [1.29, 1.82) is 0 Å². The van der Waals surface area contributed by atoms with Crippen LogP contribution in [0.2, 0.25) is 5.02 Å². The highest BCUT2D eigenvalue weighted by Gasteiger charge is 2.14. The lowest BCUT2D eigenvalue weighted by molar-refractivity contribution is 0.218. The lowest BCUT2D eigenvalue weighted by Crippen LogP contribution is -2.19. The zero-order valence-electron chi connectivity index (χ0n) is 8.35. The van der Waals surface area contributed by atoms with E-state index in [1.165, 1.54) is 6.92 Å². The molecular formula is C10H13ClO3S. The van der Waals surface area contributed by atoms with E-state index in [0.29, 0.717) is 10.6 Å². The van der Waals surface area contributed by atoms with Crippen LogP contribution in [0.5, 0.6) is 0 Å². The predicted molar refractivity (Wildman–Crippen MR) is 60.6 cm³/mol. The first kappa shape index (κ1) is 12.5. The van der Waals surface area contributed by atoms with Gasteiger partial charge in [-0.15, -0.1) is 0 Å². The average molecular weight is 249 g/mol. The Balaban J connectivity index is 2.78. The van der Waals surface area contributed by atoms with E-state index < -0.39 is 15.9 Å². The summed E-state index contributed by atoms with van der Waals surface area (Å²) in [7, 11) is -3.26. The summed E-state index contributed by atoms with van der Waals surface area (Å²) in [6.45, 7) is 1.45. The third kappa shape index (κ3) is 4.64. The smallest absolute Gasteiger partial charge is 0.156 e. The van der Waals surface area contributed by atoms with Crippen molar-refractivity contribution in [3.63, 3.8) is 0 Å². The molecule has 0 aromatic heterocycles. The van der Waals surface area contributed by atoms with Gasteiger partial charge in [0.15, 0.2) is 9.84 Å². The molecule has 0 fully saturated rings. The number of sulfone groups is 1. The molecule has 0 aliphatic rings. The number of aliphatic hydroxyl groups is 1. The molecule has 0 bridgehead atoms. The summed E-state index contributed by atoms with van der Waals surface area (Å²) in [6.07, 6.45) is -0.839. The molecule has 1 aromatic rings. The SMILES string of the molecule is CC(O)CS(=O)(=O)Cc1cccc(Cl)c1. The maximum absolute atomic E-state index is 11.5. The molecule has 0 aliphatic heterocycles. The molecule has 0 amide bonds. The Kier molecular flexibility index (Phi) is 4.13. The molecule has 0 saturated heterocycles. The van der Waals surface area contributed by atoms with Gasteiger partial charge in [-0.3, -0.25) is 0 Å². The first-order valence-electron chi connectivity index (χ1n) is 4.52. The third-order valence-corrected chi connectivity index (χ3v) is 3.77. The molecule has 1 rings (SSSR count). The first-order chi connectivity index (χ1) is 6.89. The van der Waals surface area contributed by atoms with Crippen LogP contribution < -0.4 is 0 Å². The molecule has 3 nitrogen and oxygen atoms in total. The van der Waals surface area contributed by atoms with Gasteiger partial charge in [0.05, 0.1) is 17.6 Å². The van der Waals surface area contributed by atoms with E-state index in [1.807, 2.05) is 0 Å². The minimum atomic E-state index is -3.26. The summed E-state index contributed by atoms with van der Waals surface area (Å²) in [5, 5.41) is 9.53. The van der Waals surface area contributed by atoms with Crippen molar-refractivity contribution >= 4 is 21.4 Å². The molecule has 0 spiro atoms. The lowest BCUT2D eigenvalue weighted by Gasteiger charge is -2.06. The number of hydrogen-bond donors (Lipinski definition) is 1. The standard InChI is InChI=1S/C10H13ClO3S/c1-8(12)6-15(13,14)7-9-3-2-4-10(11)5-9/h2-5,8,12H,6-7H2,1H3. The summed E-state index contributed by atoms with van der Waals surface area (Å²) >= 11 is 5.74. The highest BCUT2D eigenvalue weighted by atomic mass is 35.5. The van der Waals surface area contributed by atoms with Gasteiger partial charge in [-0.05, 0) is 24.6 Å². The summed E-state index contributed by atoms with van der Waals surface area (Å²) < 4.78 is 23.0. The van der Waals surface area contributed by atoms with Crippen molar-refractivity contribution < 1.29 is 13.5 Å². The van der Waals surface area contributed by atoms with Crippen LogP contribution in [-0.4, -0.2) is 25.4 Å². The number of rotatable bonds is 4. The van der Waals surface area contributed by atoms with Crippen molar-refractivity contribution in [2.45, 2.75) is 18.8 Å². The second kappa shape index (κ2) is 4.96. The second-order valence-electron chi connectivity index (χ2n) is 3.53. The number of hydrogen-bond acceptors (Lipinski definition) is 3. The fourth-order valence-electron chi connectivity index (χ4n) is 1.31. The molecule has 0 aliphatic carbocycles. The fourth-order valence-corrected chi connectivity index (χ4v) is 3.06. The lowest BCUT2D eigenvalue weighted by atomic mass is 10.2. The van der Waals surface area contributed by atoms with Gasteiger partial charge in [0.2, 0.25) is 0 Å². The van der Waals surface area contributed by atoms with Gasteiger partial charge in [-0.2, -0.15) is 0 Å². The van der Waals surface area contributed by atoms with E-state index in [-0.39, 0.29) is 11.5 Å². The average Bonchev–Trinajstić information content (AvgIpc) is 1.99. The van der Waals surface area contributed by atoms with Gasteiger partial charge in [0.25, 0.3) is 0 Å². The van der Waals surface area contributed by atoms with Crippen molar-refractivity contribution in [3.05, 3.63) is 34.9 Å². The first-order valence-corrected chi connectivity index (χ1v) is 6.72. The maximum atomic E-state index is 11.5. The monoisotopic (exact) mass is 248 g/mol. The second-order valence-corrected chi connectivity index (χ2v) is 6.08. The molecule has 5 heteroatoms. The van der Waals surface area contributed by atoms with E-state index in [0.717, 1.165) is 0 Å². The van der Waals surface area contributed by atoms with Crippen LogP contribution in [0.3, 0.4) is 0 Å².